The van der Waals surface area contributed by atoms with Gasteiger partial charge >= 0.3 is 0 Å². The second-order valence-corrected chi connectivity index (χ2v) is 6.05. The number of pyridine rings is 1. The maximum atomic E-state index is 10.3. The number of para-hydroxylation sites is 1. The van der Waals surface area contributed by atoms with Gasteiger partial charge in [-0.1, -0.05) is 12.1 Å². The number of benzene rings is 1. The van der Waals surface area contributed by atoms with Crippen LogP contribution in [0.1, 0.15) is 18.5 Å². The van der Waals surface area contributed by atoms with Crippen LogP contribution in [0.15, 0.2) is 24.3 Å². The summed E-state index contributed by atoms with van der Waals surface area (Å²) >= 11 is 0. The molecule has 3 rings (SSSR count). The van der Waals surface area contributed by atoms with E-state index in [-0.39, 0.29) is 0 Å². The monoisotopic (exact) mass is 301 g/mol. The minimum atomic E-state index is -0.716. The van der Waals surface area contributed by atoms with Crippen molar-refractivity contribution in [3.63, 3.8) is 0 Å². The molecule has 1 aliphatic heterocycles. The Hall–Kier alpha value is -1.85. The Balaban J connectivity index is 2.01. The van der Waals surface area contributed by atoms with Gasteiger partial charge in [-0.15, -0.1) is 0 Å². The van der Waals surface area contributed by atoms with Gasteiger partial charge in [-0.25, -0.2) is 4.98 Å². The molecular weight excluding hydrogens is 278 g/mol. The number of aryl methyl sites for hydroxylation is 1. The van der Waals surface area contributed by atoms with Crippen LogP contribution in [0.3, 0.4) is 0 Å². The number of methoxy groups -OCH3 is 1. The zero-order chi connectivity index (χ0) is 15.7. The lowest BCUT2D eigenvalue weighted by atomic mass is 9.91. The lowest BCUT2D eigenvalue weighted by Gasteiger charge is -2.39. The van der Waals surface area contributed by atoms with Crippen LogP contribution in [0, 0.1) is 6.92 Å². The maximum Gasteiger partial charge on any atom is 0.145 e. The SMILES string of the molecule is COc1cccc2c(N3CCC(O)(CN)CC3)cc(C)nc12. The average molecular weight is 301 g/mol. The molecule has 118 valence electrons. The first kappa shape index (κ1) is 15.1. The molecule has 2 aromatic rings. The van der Waals surface area contributed by atoms with Crippen molar-refractivity contribution in [1.29, 1.82) is 0 Å². The number of hydrogen-bond donors (Lipinski definition) is 2. The van der Waals surface area contributed by atoms with Crippen molar-refractivity contribution in [2.45, 2.75) is 25.4 Å². The van der Waals surface area contributed by atoms with Gasteiger partial charge in [0.1, 0.15) is 11.3 Å². The summed E-state index contributed by atoms with van der Waals surface area (Å²) in [6.45, 7) is 3.91. The fourth-order valence-corrected chi connectivity index (χ4v) is 3.12. The molecule has 1 aromatic carbocycles. The highest BCUT2D eigenvalue weighted by atomic mass is 16.5. The van der Waals surface area contributed by atoms with Crippen molar-refractivity contribution >= 4 is 16.6 Å². The first-order valence-electron chi connectivity index (χ1n) is 7.68. The molecular formula is C17H23N3O2. The Morgan fingerprint density at radius 3 is 2.73 bits per heavy atom. The van der Waals surface area contributed by atoms with E-state index in [0.717, 1.165) is 41.1 Å². The van der Waals surface area contributed by atoms with Crippen LogP contribution in [-0.2, 0) is 0 Å². The summed E-state index contributed by atoms with van der Waals surface area (Å²) in [4.78, 5) is 6.93. The smallest absolute Gasteiger partial charge is 0.145 e. The summed E-state index contributed by atoms with van der Waals surface area (Å²) in [5.41, 5.74) is 7.97. The number of piperidine rings is 1. The van der Waals surface area contributed by atoms with Gasteiger partial charge in [-0.2, -0.15) is 0 Å². The van der Waals surface area contributed by atoms with Crippen LogP contribution in [0.2, 0.25) is 0 Å². The highest BCUT2D eigenvalue weighted by Crippen LogP contribution is 2.34. The predicted octanol–water partition coefficient (Wildman–Crippen LogP) is 1.84. The van der Waals surface area contributed by atoms with Gasteiger partial charge in [0.05, 0.1) is 12.7 Å². The molecule has 0 atom stereocenters. The summed E-state index contributed by atoms with van der Waals surface area (Å²) in [7, 11) is 1.67. The summed E-state index contributed by atoms with van der Waals surface area (Å²) in [5, 5.41) is 11.4. The summed E-state index contributed by atoms with van der Waals surface area (Å²) in [6, 6.07) is 8.10. The van der Waals surface area contributed by atoms with Crippen molar-refractivity contribution in [1.82, 2.24) is 4.98 Å². The molecule has 0 aliphatic carbocycles. The Labute approximate surface area is 130 Å². The molecule has 1 fully saturated rings. The van der Waals surface area contributed by atoms with Crippen LogP contribution >= 0.6 is 0 Å². The van der Waals surface area contributed by atoms with E-state index >= 15 is 0 Å². The average Bonchev–Trinajstić information content (AvgIpc) is 2.54. The third kappa shape index (κ3) is 2.62. The van der Waals surface area contributed by atoms with Gasteiger partial charge in [-0.3, -0.25) is 0 Å². The molecule has 1 aromatic heterocycles. The Morgan fingerprint density at radius 1 is 1.36 bits per heavy atom. The minimum absolute atomic E-state index is 0.324. The van der Waals surface area contributed by atoms with Crippen molar-refractivity contribution in [3.05, 3.63) is 30.0 Å². The molecule has 22 heavy (non-hydrogen) atoms. The van der Waals surface area contributed by atoms with Gasteiger partial charge in [0.25, 0.3) is 0 Å². The minimum Gasteiger partial charge on any atom is -0.494 e. The van der Waals surface area contributed by atoms with Crippen molar-refractivity contribution in [2.75, 3.05) is 31.6 Å². The van der Waals surface area contributed by atoms with Gasteiger partial charge in [0.15, 0.2) is 0 Å². The molecule has 0 saturated carbocycles. The molecule has 0 unspecified atom stereocenters. The molecule has 3 N–H and O–H groups in total. The largest absolute Gasteiger partial charge is 0.494 e. The van der Waals surface area contributed by atoms with Gasteiger partial charge < -0.3 is 20.5 Å². The van der Waals surface area contributed by atoms with Crippen molar-refractivity contribution < 1.29 is 9.84 Å². The molecule has 5 nitrogen and oxygen atoms in total. The third-order valence-corrected chi connectivity index (χ3v) is 4.54. The van der Waals surface area contributed by atoms with Crippen LogP contribution in [0.4, 0.5) is 5.69 Å². The number of rotatable bonds is 3. The lowest BCUT2D eigenvalue weighted by Crippen LogP contribution is -2.48. The molecule has 1 aliphatic rings. The fraction of sp³-hybridized carbons (Fsp3) is 0.471. The predicted molar refractivity (Wildman–Crippen MR) is 88.5 cm³/mol. The molecule has 2 heterocycles. The standard InChI is InChI=1S/C17H23N3O2/c1-12-10-14(20-8-6-17(21,11-18)7-9-20)13-4-3-5-15(22-2)16(13)19-12/h3-5,10,21H,6-9,11,18H2,1-2H3. The van der Waals surface area contributed by atoms with Gasteiger partial charge in [0.2, 0.25) is 0 Å². The number of fused-ring (bicyclic) bond motifs is 1. The number of aliphatic hydroxyl groups is 1. The molecule has 0 amide bonds. The van der Waals surface area contributed by atoms with E-state index < -0.39 is 5.60 Å². The van der Waals surface area contributed by atoms with E-state index in [1.165, 1.54) is 0 Å². The molecule has 0 spiro atoms. The fourth-order valence-electron chi connectivity index (χ4n) is 3.12. The van der Waals surface area contributed by atoms with Gasteiger partial charge in [-0.05, 0) is 31.9 Å². The normalized spacial score (nSPS) is 17.7. The van der Waals surface area contributed by atoms with Crippen molar-refractivity contribution in [2.24, 2.45) is 5.73 Å². The summed E-state index contributed by atoms with van der Waals surface area (Å²) in [5.74, 6) is 0.790. The summed E-state index contributed by atoms with van der Waals surface area (Å²) < 4.78 is 5.44. The quantitative estimate of drug-likeness (QED) is 0.905. The Bertz CT molecular complexity index is 679. The second kappa shape index (κ2) is 5.74. The van der Waals surface area contributed by atoms with E-state index in [9.17, 15) is 5.11 Å². The maximum absolute atomic E-state index is 10.3. The highest BCUT2D eigenvalue weighted by Gasteiger charge is 2.31. The summed E-state index contributed by atoms with van der Waals surface area (Å²) in [6.07, 6.45) is 1.38. The first-order chi connectivity index (χ1) is 10.6. The third-order valence-electron chi connectivity index (χ3n) is 4.54. The van der Waals surface area contributed by atoms with E-state index in [1.807, 2.05) is 19.1 Å². The van der Waals surface area contributed by atoms with Gasteiger partial charge in [0, 0.05) is 36.4 Å². The van der Waals surface area contributed by atoms with Crippen LogP contribution < -0.4 is 15.4 Å². The molecule has 1 saturated heterocycles. The number of anilines is 1. The lowest BCUT2D eigenvalue weighted by molar-refractivity contribution is 0.0250. The van der Waals surface area contributed by atoms with Crippen LogP contribution in [0.5, 0.6) is 5.75 Å². The zero-order valence-corrected chi connectivity index (χ0v) is 13.2. The number of nitrogens with two attached hydrogens (primary N) is 1. The van der Waals surface area contributed by atoms with E-state index in [1.54, 1.807) is 7.11 Å². The van der Waals surface area contributed by atoms with Crippen molar-refractivity contribution in [3.8, 4) is 5.75 Å². The molecule has 5 heteroatoms. The topological polar surface area (TPSA) is 71.6 Å². The number of hydrogen-bond acceptors (Lipinski definition) is 5. The van der Waals surface area contributed by atoms with E-state index in [4.69, 9.17) is 10.5 Å². The van der Waals surface area contributed by atoms with Crippen LogP contribution in [-0.4, -0.2) is 42.4 Å². The van der Waals surface area contributed by atoms with E-state index in [2.05, 4.69) is 22.0 Å². The number of nitrogens with zero attached hydrogens (tertiary/aromatic N) is 2. The number of ether oxygens (including phenoxy) is 1. The zero-order valence-electron chi connectivity index (χ0n) is 13.2. The number of aromatic nitrogens is 1. The highest BCUT2D eigenvalue weighted by molar-refractivity contribution is 5.95. The molecule has 0 bridgehead atoms. The molecule has 0 radical (unpaired) electrons. The van der Waals surface area contributed by atoms with Crippen LogP contribution in [0.25, 0.3) is 10.9 Å². The Morgan fingerprint density at radius 2 is 2.09 bits per heavy atom. The first-order valence-corrected chi connectivity index (χ1v) is 7.68. The second-order valence-electron chi connectivity index (χ2n) is 6.05. The van der Waals surface area contributed by atoms with E-state index in [0.29, 0.717) is 19.4 Å². The Kier molecular flexibility index (Phi) is 3.93.